The molecule has 0 atom stereocenters. The average Bonchev–Trinajstić information content (AvgIpc) is 2.46. The Hall–Kier alpha value is -2.95. The molecule has 2 amide bonds. The van der Waals surface area contributed by atoms with Crippen molar-refractivity contribution in [3.8, 4) is 0 Å². The van der Waals surface area contributed by atoms with Crippen LogP contribution in [-0.4, -0.2) is 17.6 Å². The molecular formula is C17H16N2O3. The molecule has 2 aromatic carbocycles. The van der Waals surface area contributed by atoms with Gasteiger partial charge in [0.25, 0.3) is 11.7 Å². The summed E-state index contributed by atoms with van der Waals surface area (Å²) in [6, 6.07) is 13.6. The number of nitrogens with one attached hydrogen (secondary N) is 2. The Morgan fingerprint density at radius 1 is 0.909 bits per heavy atom. The van der Waals surface area contributed by atoms with Crippen molar-refractivity contribution in [3.63, 3.8) is 0 Å². The second-order valence-electron chi connectivity index (χ2n) is 4.88. The maximum atomic E-state index is 12.3. The predicted molar refractivity (Wildman–Crippen MR) is 84.9 cm³/mol. The first kappa shape index (κ1) is 15.4. The van der Waals surface area contributed by atoms with Crippen LogP contribution in [0, 0.1) is 6.92 Å². The number of carbonyl (C=O) groups is 3. The molecule has 0 radical (unpaired) electrons. The number of rotatable bonds is 4. The molecule has 0 fully saturated rings. The van der Waals surface area contributed by atoms with Crippen molar-refractivity contribution >= 4 is 29.0 Å². The first-order chi connectivity index (χ1) is 10.5. The number of amides is 2. The molecule has 0 aliphatic rings. The van der Waals surface area contributed by atoms with E-state index in [0.717, 1.165) is 5.56 Å². The zero-order valence-electron chi connectivity index (χ0n) is 12.3. The molecule has 5 heteroatoms. The highest BCUT2D eigenvalue weighted by Gasteiger charge is 2.19. The number of hydrogen-bond acceptors (Lipinski definition) is 3. The summed E-state index contributed by atoms with van der Waals surface area (Å²) in [4.78, 5) is 35.5. The van der Waals surface area contributed by atoms with E-state index in [1.807, 2.05) is 13.0 Å². The van der Waals surface area contributed by atoms with Crippen molar-refractivity contribution in [3.05, 3.63) is 59.7 Å². The van der Waals surface area contributed by atoms with Crippen molar-refractivity contribution in [1.29, 1.82) is 0 Å². The van der Waals surface area contributed by atoms with E-state index in [9.17, 15) is 14.4 Å². The number of anilines is 2. The van der Waals surface area contributed by atoms with Crippen molar-refractivity contribution < 1.29 is 14.4 Å². The van der Waals surface area contributed by atoms with Crippen LogP contribution >= 0.6 is 0 Å². The third-order valence-electron chi connectivity index (χ3n) is 2.96. The summed E-state index contributed by atoms with van der Waals surface area (Å²) >= 11 is 0. The van der Waals surface area contributed by atoms with Gasteiger partial charge in [0.1, 0.15) is 0 Å². The molecule has 0 aliphatic heterocycles. The molecule has 0 saturated carbocycles. The van der Waals surface area contributed by atoms with Gasteiger partial charge in [-0.05, 0) is 36.8 Å². The fraction of sp³-hybridized carbons (Fsp3) is 0.118. The van der Waals surface area contributed by atoms with Crippen molar-refractivity contribution in [2.24, 2.45) is 0 Å². The Morgan fingerprint density at radius 2 is 1.64 bits per heavy atom. The summed E-state index contributed by atoms with van der Waals surface area (Å²) in [5, 5.41) is 5.10. The second kappa shape index (κ2) is 6.67. The zero-order chi connectivity index (χ0) is 16.1. The second-order valence-corrected chi connectivity index (χ2v) is 4.88. The van der Waals surface area contributed by atoms with Crippen molar-refractivity contribution in [1.82, 2.24) is 0 Å². The molecule has 22 heavy (non-hydrogen) atoms. The quantitative estimate of drug-likeness (QED) is 0.673. The summed E-state index contributed by atoms with van der Waals surface area (Å²) in [5.41, 5.74) is 2.00. The van der Waals surface area contributed by atoms with Crippen LogP contribution in [0.3, 0.4) is 0 Å². The summed E-state index contributed by atoms with van der Waals surface area (Å²) in [5.74, 6) is -1.76. The standard InChI is InChI=1S/C17H16N2O3/c1-11-6-5-7-13(10-11)19-17(22)16(21)14-8-3-4-9-15(14)18-12(2)20/h3-10H,1-2H3,(H,18,20)(H,19,22). The van der Waals surface area contributed by atoms with E-state index in [2.05, 4.69) is 10.6 Å². The highest BCUT2D eigenvalue weighted by atomic mass is 16.2. The minimum Gasteiger partial charge on any atom is -0.326 e. The Balaban J connectivity index is 2.21. The molecule has 0 saturated heterocycles. The lowest BCUT2D eigenvalue weighted by molar-refractivity contribution is -0.114. The average molecular weight is 296 g/mol. The first-order valence-corrected chi connectivity index (χ1v) is 6.76. The van der Waals surface area contributed by atoms with Gasteiger partial charge in [-0.2, -0.15) is 0 Å². The number of ketones is 1. The Bertz CT molecular complexity index is 738. The van der Waals surface area contributed by atoms with Gasteiger partial charge in [0.2, 0.25) is 5.91 Å². The maximum absolute atomic E-state index is 12.3. The fourth-order valence-electron chi connectivity index (χ4n) is 2.01. The lowest BCUT2D eigenvalue weighted by atomic mass is 10.1. The maximum Gasteiger partial charge on any atom is 0.296 e. The molecule has 2 rings (SSSR count). The molecular weight excluding hydrogens is 280 g/mol. The topological polar surface area (TPSA) is 75.3 Å². The van der Waals surface area contributed by atoms with E-state index in [1.165, 1.54) is 13.0 Å². The van der Waals surface area contributed by atoms with Crippen molar-refractivity contribution in [2.75, 3.05) is 10.6 Å². The number of hydrogen-bond donors (Lipinski definition) is 2. The van der Waals surface area contributed by atoms with Crippen LogP contribution in [0.4, 0.5) is 11.4 Å². The number of benzene rings is 2. The lowest BCUT2D eigenvalue weighted by Gasteiger charge is -2.09. The lowest BCUT2D eigenvalue weighted by Crippen LogP contribution is -2.24. The monoisotopic (exact) mass is 296 g/mol. The van der Waals surface area contributed by atoms with Crippen LogP contribution in [0.2, 0.25) is 0 Å². The van der Waals surface area contributed by atoms with E-state index in [0.29, 0.717) is 11.4 Å². The summed E-state index contributed by atoms with van der Waals surface area (Å²) in [7, 11) is 0. The van der Waals surface area contributed by atoms with Crippen LogP contribution in [-0.2, 0) is 9.59 Å². The Kier molecular flexibility index (Phi) is 4.68. The molecule has 0 aromatic heterocycles. The van der Waals surface area contributed by atoms with Crippen LogP contribution < -0.4 is 10.6 Å². The molecule has 0 spiro atoms. The third-order valence-corrected chi connectivity index (χ3v) is 2.96. The third kappa shape index (κ3) is 3.79. The van der Waals surface area contributed by atoms with Gasteiger partial charge in [0.05, 0.1) is 11.3 Å². The van der Waals surface area contributed by atoms with Gasteiger partial charge in [0, 0.05) is 12.6 Å². The predicted octanol–water partition coefficient (Wildman–Crippen LogP) is 2.77. The van der Waals surface area contributed by atoms with E-state index in [1.54, 1.807) is 36.4 Å². The summed E-state index contributed by atoms with van der Waals surface area (Å²) < 4.78 is 0. The smallest absolute Gasteiger partial charge is 0.296 e. The van der Waals surface area contributed by atoms with Crippen LogP contribution in [0.25, 0.3) is 0 Å². The van der Waals surface area contributed by atoms with Crippen LogP contribution in [0.5, 0.6) is 0 Å². The van der Waals surface area contributed by atoms with Gasteiger partial charge in [-0.3, -0.25) is 14.4 Å². The molecule has 0 bridgehead atoms. The molecule has 0 aliphatic carbocycles. The number of Topliss-reactive ketones (excluding diaryl/α,β-unsaturated/α-hetero) is 1. The van der Waals surface area contributed by atoms with Gasteiger partial charge < -0.3 is 10.6 Å². The molecule has 2 N–H and O–H groups in total. The Morgan fingerprint density at radius 3 is 2.32 bits per heavy atom. The van der Waals surface area contributed by atoms with Crippen LogP contribution in [0.1, 0.15) is 22.8 Å². The highest BCUT2D eigenvalue weighted by molar-refractivity contribution is 6.47. The number of aryl methyl sites for hydroxylation is 1. The molecule has 2 aromatic rings. The van der Waals surface area contributed by atoms with E-state index in [4.69, 9.17) is 0 Å². The summed E-state index contributed by atoms with van der Waals surface area (Å²) in [6.07, 6.45) is 0. The van der Waals surface area contributed by atoms with Crippen LogP contribution in [0.15, 0.2) is 48.5 Å². The first-order valence-electron chi connectivity index (χ1n) is 6.76. The van der Waals surface area contributed by atoms with Crippen molar-refractivity contribution in [2.45, 2.75) is 13.8 Å². The molecule has 112 valence electrons. The van der Waals surface area contributed by atoms with Gasteiger partial charge in [-0.1, -0.05) is 24.3 Å². The summed E-state index contributed by atoms with van der Waals surface area (Å²) in [6.45, 7) is 3.23. The van der Waals surface area contributed by atoms with Gasteiger partial charge in [-0.15, -0.1) is 0 Å². The highest BCUT2D eigenvalue weighted by Crippen LogP contribution is 2.17. The molecule has 0 unspecified atom stereocenters. The fourth-order valence-corrected chi connectivity index (χ4v) is 2.01. The Labute approximate surface area is 128 Å². The van der Waals surface area contributed by atoms with E-state index >= 15 is 0 Å². The molecule has 5 nitrogen and oxygen atoms in total. The SMILES string of the molecule is CC(=O)Nc1ccccc1C(=O)C(=O)Nc1cccc(C)c1. The van der Waals surface area contributed by atoms with Gasteiger partial charge >= 0.3 is 0 Å². The van der Waals surface area contributed by atoms with Gasteiger partial charge in [-0.25, -0.2) is 0 Å². The largest absolute Gasteiger partial charge is 0.326 e. The normalized spacial score (nSPS) is 9.91. The van der Waals surface area contributed by atoms with E-state index < -0.39 is 11.7 Å². The van der Waals surface area contributed by atoms with E-state index in [-0.39, 0.29) is 11.5 Å². The number of carbonyl (C=O) groups excluding carboxylic acids is 3. The minimum absolute atomic E-state index is 0.155. The minimum atomic E-state index is -0.747. The number of para-hydroxylation sites is 1. The van der Waals surface area contributed by atoms with Gasteiger partial charge in [0.15, 0.2) is 0 Å². The zero-order valence-corrected chi connectivity index (χ0v) is 12.3. The molecule has 0 heterocycles.